The number of nitrogens with one attached hydrogen (secondary N) is 5. The van der Waals surface area contributed by atoms with Crippen LogP contribution in [0, 0.1) is 11.4 Å². The molecular weight excluding hydrogens is 483 g/mol. The Bertz CT molecular complexity index is 1430. The van der Waals surface area contributed by atoms with E-state index in [4.69, 9.17) is 10.1 Å². The van der Waals surface area contributed by atoms with Gasteiger partial charge in [0.2, 0.25) is 11.8 Å². The number of fused-ring (bicyclic) bond motifs is 1. The lowest BCUT2D eigenvalue weighted by atomic mass is 10.0. The van der Waals surface area contributed by atoms with E-state index in [9.17, 15) is 4.39 Å². The number of aromatic amines is 1. The number of pyridine rings is 3. The quantitative estimate of drug-likeness (QED) is 0.160. The molecular formula is C28H31FN8O. The first-order valence-electron chi connectivity index (χ1n) is 12.6. The summed E-state index contributed by atoms with van der Waals surface area (Å²) in [6.07, 6.45) is 11.0. The monoisotopic (exact) mass is 514 g/mol. The second kappa shape index (κ2) is 11.8. The molecule has 5 N–H and O–H groups in total. The summed E-state index contributed by atoms with van der Waals surface area (Å²) in [6, 6.07) is 9.59. The summed E-state index contributed by atoms with van der Waals surface area (Å²) in [5.41, 5.74) is 4.64. The van der Waals surface area contributed by atoms with E-state index in [1.54, 1.807) is 37.7 Å². The van der Waals surface area contributed by atoms with Crippen LogP contribution in [0.1, 0.15) is 35.1 Å². The van der Waals surface area contributed by atoms with E-state index in [1.807, 2.05) is 24.5 Å². The molecule has 0 saturated carbocycles. The van der Waals surface area contributed by atoms with Crippen LogP contribution in [0.3, 0.4) is 0 Å². The van der Waals surface area contributed by atoms with Crippen molar-refractivity contribution in [2.24, 2.45) is 0 Å². The van der Waals surface area contributed by atoms with Crippen molar-refractivity contribution in [2.75, 3.05) is 25.5 Å². The van der Waals surface area contributed by atoms with Crippen molar-refractivity contribution < 1.29 is 9.13 Å². The summed E-state index contributed by atoms with van der Waals surface area (Å²) in [4.78, 5) is 16.0. The average molecular weight is 515 g/mol. The highest BCUT2D eigenvalue weighted by molar-refractivity contribution is 6.09. The minimum atomic E-state index is -0.521. The van der Waals surface area contributed by atoms with E-state index in [0.717, 1.165) is 59.2 Å². The zero-order chi connectivity index (χ0) is 26.3. The van der Waals surface area contributed by atoms with Crippen molar-refractivity contribution in [3.63, 3.8) is 0 Å². The molecule has 38 heavy (non-hydrogen) atoms. The maximum Gasteiger partial charge on any atom is 0.218 e. The van der Waals surface area contributed by atoms with E-state index >= 15 is 0 Å². The van der Waals surface area contributed by atoms with Crippen LogP contribution in [-0.2, 0) is 13.0 Å². The highest BCUT2D eigenvalue weighted by Crippen LogP contribution is 2.24. The van der Waals surface area contributed by atoms with Crippen molar-refractivity contribution >= 4 is 28.6 Å². The van der Waals surface area contributed by atoms with Crippen LogP contribution < -0.4 is 20.7 Å². The second-order valence-corrected chi connectivity index (χ2v) is 9.25. The third-order valence-electron chi connectivity index (χ3n) is 6.71. The minimum absolute atomic E-state index is 0.365. The molecule has 1 fully saturated rings. The number of piperidine rings is 1. The number of nitrogens with zero attached hydrogens (tertiary/aromatic N) is 3. The molecule has 1 aliphatic rings. The number of aromatic nitrogens is 4. The predicted octanol–water partition coefficient (Wildman–Crippen LogP) is 4.04. The first-order valence-corrected chi connectivity index (χ1v) is 12.6. The number of methoxy groups -OCH3 is 1. The first-order chi connectivity index (χ1) is 18.6. The first kappa shape index (κ1) is 25.3. The minimum Gasteiger partial charge on any atom is -0.481 e. The Labute approximate surface area is 220 Å². The summed E-state index contributed by atoms with van der Waals surface area (Å²) >= 11 is 0. The van der Waals surface area contributed by atoms with Gasteiger partial charge in [-0.05, 0) is 49.2 Å². The Hall–Kier alpha value is -4.31. The Balaban J connectivity index is 1.29. The standard InChI is InChI=1S/C28H31FN8O/c1-38-26-5-2-18(14-34-26)13-33-25-4-3-19(27(29)37-25)10-21-16-36-28-24(21)11-20(15-35-28)22(12-30)17-32-23-6-8-31-9-7-23/h2-5,11-12,14-17,23,30-32H,6-10,13H2,1H3,(H,33,37)(H,35,36)/b22-17+,30-12?. The van der Waals surface area contributed by atoms with Gasteiger partial charge in [0.1, 0.15) is 11.5 Å². The van der Waals surface area contributed by atoms with Crippen molar-refractivity contribution in [3.8, 4) is 5.88 Å². The molecule has 0 amide bonds. The molecule has 10 heteroatoms. The van der Waals surface area contributed by atoms with Gasteiger partial charge in [0, 0.05) is 78.2 Å². The smallest absolute Gasteiger partial charge is 0.218 e. The van der Waals surface area contributed by atoms with Crippen LogP contribution in [-0.4, -0.2) is 52.4 Å². The molecule has 9 nitrogen and oxygen atoms in total. The summed E-state index contributed by atoms with van der Waals surface area (Å²) in [7, 11) is 1.57. The van der Waals surface area contributed by atoms with Gasteiger partial charge in [-0.25, -0.2) is 15.0 Å². The fraction of sp³-hybridized carbons (Fsp3) is 0.286. The maximum absolute atomic E-state index is 14.9. The fourth-order valence-electron chi connectivity index (χ4n) is 4.49. The number of halogens is 1. The van der Waals surface area contributed by atoms with Gasteiger partial charge in [-0.15, -0.1) is 0 Å². The van der Waals surface area contributed by atoms with Gasteiger partial charge in [0.25, 0.3) is 0 Å². The van der Waals surface area contributed by atoms with E-state index < -0.39 is 5.95 Å². The summed E-state index contributed by atoms with van der Waals surface area (Å²) < 4.78 is 20.0. The van der Waals surface area contributed by atoms with Crippen LogP contribution in [0.25, 0.3) is 16.6 Å². The van der Waals surface area contributed by atoms with Crippen LogP contribution in [0.4, 0.5) is 10.2 Å². The molecule has 5 heterocycles. The maximum atomic E-state index is 14.9. The summed E-state index contributed by atoms with van der Waals surface area (Å²) in [5, 5.41) is 18.7. The lowest BCUT2D eigenvalue weighted by Crippen LogP contribution is -2.37. The van der Waals surface area contributed by atoms with Crippen LogP contribution in [0.2, 0.25) is 0 Å². The van der Waals surface area contributed by atoms with Gasteiger partial charge in [0.05, 0.1) is 7.11 Å². The highest BCUT2D eigenvalue weighted by Gasteiger charge is 2.14. The van der Waals surface area contributed by atoms with Gasteiger partial charge in [0.15, 0.2) is 0 Å². The number of hydrogen-bond donors (Lipinski definition) is 5. The zero-order valence-corrected chi connectivity index (χ0v) is 21.2. The average Bonchev–Trinajstić information content (AvgIpc) is 3.36. The van der Waals surface area contributed by atoms with E-state index in [2.05, 4.69) is 35.9 Å². The third-order valence-corrected chi connectivity index (χ3v) is 6.71. The van der Waals surface area contributed by atoms with Gasteiger partial charge in [-0.2, -0.15) is 4.39 Å². The topological polar surface area (TPSA) is 124 Å². The fourth-order valence-corrected chi connectivity index (χ4v) is 4.49. The SMILES string of the molecule is COc1ccc(CNc2ccc(Cc3c[nH]c4ncc(/C(C=N)=C/NC5CCNCC5)cc34)c(F)n2)cn1. The van der Waals surface area contributed by atoms with Gasteiger partial charge < -0.3 is 31.1 Å². The molecule has 5 rings (SSSR count). The molecule has 4 aromatic heterocycles. The summed E-state index contributed by atoms with van der Waals surface area (Å²) in [6.45, 7) is 2.46. The Morgan fingerprint density at radius 2 is 2.03 bits per heavy atom. The van der Waals surface area contributed by atoms with Crippen LogP contribution >= 0.6 is 0 Å². The Kier molecular flexibility index (Phi) is 7.89. The number of H-pyrrole nitrogens is 1. The zero-order valence-electron chi connectivity index (χ0n) is 21.2. The lowest BCUT2D eigenvalue weighted by Gasteiger charge is -2.23. The molecule has 0 aromatic carbocycles. The lowest BCUT2D eigenvalue weighted by molar-refractivity contribution is 0.397. The van der Waals surface area contributed by atoms with Crippen LogP contribution in [0.5, 0.6) is 5.88 Å². The molecule has 0 unspecified atom stereocenters. The van der Waals surface area contributed by atoms with Gasteiger partial charge >= 0.3 is 0 Å². The largest absolute Gasteiger partial charge is 0.481 e. The van der Waals surface area contributed by atoms with Crippen LogP contribution in [0.15, 0.2) is 55.1 Å². The molecule has 196 valence electrons. The summed E-state index contributed by atoms with van der Waals surface area (Å²) in [5.74, 6) is 0.473. The van der Waals surface area contributed by atoms with Crippen molar-refractivity contribution in [1.29, 1.82) is 5.41 Å². The van der Waals surface area contributed by atoms with E-state index in [0.29, 0.717) is 36.3 Å². The molecule has 0 atom stereocenters. The molecule has 0 spiro atoms. The number of hydrogen-bond acceptors (Lipinski definition) is 8. The molecule has 0 aliphatic carbocycles. The number of rotatable bonds is 10. The number of allylic oxidation sites excluding steroid dienone is 1. The third kappa shape index (κ3) is 5.97. The number of anilines is 1. The van der Waals surface area contributed by atoms with Gasteiger partial charge in [-0.3, -0.25) is 0 Å². The molecule has 1 saturated heterocycles. The van der Waals surface area contributed by atoms with Crippen molar-refractivity contribution in [2.45, 2.75) is 31.8 Å². The van der Waals surface area contributed by atoms with E-state index in [1.165, 1.54) is 6.21 Å². The number of ether oxygens (including phenoxy) is 1. The normalized spacial score (nSPS) is 14.4. The highest BCUT2D eigenvalue weighted by atomic mass is 19.1. The van der Waals surface area contributed by atoms with Crippen molar-refractivity contribution in [1.82, 2.24) is 30.6 Å². The second-order valence-electron chi connectivity index (χ2n) is 9.25. The van der Waals surface area contributed by atoms with Crippen molar-refractivity contribution in [3.05, 3.63) is 83.3 Å². The Morgan fingerprint density at radius 3 is 2.76 bits per heavy atom. The Morgan fingerprint density at radius 1 is 1.16 bits per heavy atom. The predicted molar refractivity (Wildman–Crippen MR) is 147 cm³/mol. The molecule has 1 aliphatic heterocycles. The molecule has 4 aromatic rings. The van der Waals surface area contributed by atoms with E-state index in [-0.39, 0.29) is 0 Å². The molecule has 0 bridgehead atoms. The van der Waals surface area contributed by atoms with Gasteiger partial charge in [-0.1, -0.05) is 12.1 Å². The molecule has 0 radical (unpaired) electrons.